The van der Waals surface area contributed by atoms with Gasteiger partial charge in [0.2, 0.25) is 0 Å². The van der Waals surface area contributed by atoms with Crippen LogP contribution in [0.2, 0.25) is 0 Å². The highest BCUT2D eigenvalue weighted by Gasteiger charge is 2.21. The first kappa shape index (κ1) is 18.2. The van der Waals surface area contributed by atoms with Crippen LogP contribution in [-0.4, -0.2) is 37.4 Å². The molecule has 30 heavy (non-hydrogen) atoms. The summed E-state index contributed by atoms with van der Waals surface area (Å²) in [6, 6.07) is 9.64. The molecule has 8 heteroatoms. The largest absolute Gasteiger partial charge is 0.360 e. The molecule has 0 bridgehead atoms. The average Bonchev–Trinajstić information content (AvgIpc) is 3.20. The predicted octanol–water partition coefficient (Wildman–Crippen LogP) is 3.18. The molecule has 5 rings (SSSR count). The van der Waals surface area contributed by atoms with Crippen molar-refractivity contribution in [1.82, 2.24) is 30.2 Å². The number of benzene rings is 1. The number of hydrogen-bond donors (Lipinski definition) is 3. The minimum absolute atomic E-state index is 0.0399. The van der Waals surface area contributed by atoms with Crippen LogP contribution >= 0.6 is 0 Å². The van der Waals surface area contributed by atoms with E-state index in [2.05, 4.69) is 25.6 Å². The molecule has 0 aliphatic carbocycles. The van der Waals surface area contributed by atoms with E-state index in [1.807, 2.05) is 44.2 Å². The normalized spacial score (nSPS) is 14.3. The van der Waals surface area contributed by atoms with Crippen molar-refractivity contribution in [1.29, 1.82) is 0 Å². The van der Waals surface area contributed by atoms with Crippen LogP contribution in [0.3, 0.4) is 0 Å². The highest BCUT2D eigenvalue weighted by Crippen LogP contribution is 2.30. The van der Waals surface area contributed by atoms with Gasteiger partial charge in [0.05, 0.1) is 28.5 Å². The average molecular weight is 399 g/mol. The standard InChI is InChI=1S/C22H21N7O/c1-12(16-6-8-23-11-25-16)27-21-13(2)26-18-5-3-4-14(20(18)29-21)19-10-15-17(28-19)7-9-24-22(15)30/h3-6,8,10-12,28H,7,9H2,1-2H3,(H,24,30)(H,27,29)/t12-/m1/s1. The third-order valence-electron chi connectivity index (χ3n) is 5.37. The minimum Gasteiger partial charge on any atom is -0.360 e. The number of H-pyrrole nitrogens is 1. The van der Waals surface area contributed by atoms with Crippen molar-refractivity contribution in [2.24, 2.45) is 0 Å². The second-order valence-electron chi connectivity index (χ2n) is 7.41. The number of nitrogens with one attached hydrogen (secondary N) is 3. The summed E-state index contributed by atoms with van der Waals surface area (Å²) in [5.74, 6) is 0.664. The van der Waals surface area contributed by atoms with Crippen molar-refractivity contribution >= 4 is 22.8 Å². The molecule has 0 saturated carbocycles. The molecule has 1 aliphatic rings. The molecule has 0 radical (unpaired) electrons. The highest BCUT2D eigenvalue weighted by atomic mass is 16.1. The summed E-state index contributed by atoms with van der Waals surface area (Å²) in [4.78, 5) is 33.5. The number of aromatic amines is 1. The van der Waals surface area contributed by atoms with Crippen LogP contribution < -0.4 is 10.6 Å². The van der Waals surface area contributed by atoms with Crippen LogP contribution in [0.25, 0.3) is 22.3 Å². The summed E-state index contributed by atoms with van der Waals surface area (Å²) in [6.07, 6.45) is 4.05. The molecule has 0 spiro atoms. The van der Waals surface area contributed by atoms with Gasteiger partial charge >= 0.3 is 0 Å². The van der Waals surface area contributed by atoms with Crippen molar-refractivity contribution in [3.63, 3.8) is 0 Å². The molecule has 0 fully saturated rings. The molecule has 1 aromatic carbocycles. The lowest BCUT2D eigenvalue weighted by Gasteiger charge is -2.16. The van der Waals surface area contributed by atoms with Gasteiger partial charge in [-0.3, -0.25) is 4.79 Å². The lowest BCUT2D eigenvalue weighted by molar-refractivity contribution is 0.0946. The first-order chi connectivity index (χ1) is 14.6. The van der Waals surface area contributed by atoms with Crippen molar-refractivity contribution in [3.8, 4) is 11.3 Å². The van der Waals surface area contributed by atoms with Gasteiger partial charge in [0.1, 0.15) is 17.7 Å². The quantitative estimate of drug-likeness (QED) is 0.486. The first-order valence-corrected chi connectivity index (χ1v) is 9.90. The molecule has 1 aliphatic heterocycles. The number of carbonyl (C=O) groups excluding carboxylic acids is 1. The zero-order chi connectivity index (χ0) is 20.7. The maximum absolute atomic E-state index is 12.2. The topological polar surface area (TPSA) is 108 Å². The molecule has 4 aromatic rings. The summed E-state index contributed by atoms with van der Waals surface area (Å²) < 4.78 is 0. The lowest BCUT2D eigenvalue weighted by Crippen LogP contribution is -2.31. The van der Waals surface area contributed by atoms with Crippen LogP contribution in [0, 0.1) is 6.92 Å². The lowest BCUT2D eigenvalue weighted by atomic mass is 10.1. The molecule has 1 amide bonds. The third kappa shape index (κ3) is 3.16. The first-order valence-electron chi connectivity index (χ1n) is 9.90. The number of amides is 1. The Balaban J connectivity index is 1.57. The summed E-state index contributed by atoms with van der Waals surface area (Å²) in [6.45, 7) is 4.61. The number of aryl methyl sites for hydroxylation is 1. The molecular formula is C22H21N7O. The van der Waals surface area contributed by atoms with E-state index >= 15 is 0 Å². The Morgan fingerprint density at radius 1 is 1.17 bits per heavy atom. The van der Waals surface area contributed by atoms with Gasteiger partial charge in [0.25, 0.3) is 5.91 Å². The number of nitrogens with zero attached hydrogens (tertiary/aromatic N) is 4. The second-order valence-corrected chi connectivity index (χ2v) is 7.41. The van der Waals surface area contributed by atoms with Gasteiger partial charge in [-0.15, -0.1) is 0 Å². The van der Waals surface area contributed by atoms with Crippen LogP contribution in [0.15, 0.2) is 42.9 Å². The Kier molecular flexibility index (Phi) is 4.39. The number of anilines is 1. The number of aromatic nitrogens is 5. The number of hydrogen-bond acceptors (Lipinski definition) is 6. The Morgan fingerprint density at radius 2 is 2.07 bits per heavy atom. The Hall–Kier alpha value is -3.81. The zero-order valence-electron chi connectivity index (χ0n) is 16.7. The summed E-state index contributed by atoms with van der Waals surface area (Å²) in [5.41, 5.74) is 6.72. The van der Waals surface area contributed by atoms with Gasteiger partial charge in [-0.05, 0) is 32.0 Å². The van der Waals surface area contributed by atoms with Crippen molar-refractivity contribution in [3.05, 3.63) is 65.5 Å². The van der Waals surface area contributed by atoms with Gasteiger partial charge in [0, 0.05) is 36.1 Å². The monoisotopic (exact) mass is 399 g/mol. The fraction of sp³-hybridized carbons (Fsp3) is 0.227. The molecule has 1 atom stereocenters. The Morgan fingerprint density at radius 3 is 2.87 bits per heavy atom. The van der Waals surface area contributed by atoms with Crippen molar-refractivity contribution < 1.29 is 4.79 Å². The maximum Gasteiger partial charge on any atom is 0.253 e. The molecule has 8 nitrogen and oxygen atoms in total. The van der Waals surface area contributed by atoms with Gasteiger partial charge in [-0.2, -0.15) is 0 Å². The summed E-state index contributed by atoms with van der Waals surface area (Å²) in [7, 11) is 0. The molecule has 150 valence electrons. The van der Waals surface area contributed by atoms with Crippen molar-refractivity contribution in [2.75, 3.05) is 11.9 Å². The third-order valence-corrected chi connectivity index (χ3v) is 5.37. The molecular weight excluding hydrogens is 378 g/mol. The summed E-state index contributed by atoms with van der Waals surface area (Å²) in [5, 5.41) is 6.30. The van der Waals surface area contributed by atoms with E-state index in [4.69, 9.17) is 9.97 Å². The molecule has 3 N–H and O–H groups in total. The van der Waals surface area contributed by atoms with Gasteiger partial charge in [0.15, 0.2) is 0 Å². The van der Waals surface area contributed by atoms with E-state index in [-0.39, 0.29) is 11.9 Å². The van der Waals surface area contributed by atoms with Crippen molar-refractivity contribution in [2.45, 2.75) is 26.3 Å². The number of para-hydroxylation sites is 1. The second kappa shape index (κ2) is 7.22. The van der Waals surface area contributed by atoms with E-state index in [9.17, 15) is 4.79 Å². The predicted molar refractivity (Wildman–Crippen MR) is 114 cm³/mol. The Bertz CT molecular complexity index is 1250. The smallest absolute Gasteiger partial charge is 0.253 e. The zero-order valence-corrected chi connectivity index (χ0v) is 16.7. The maximum atomic E-state index is 12.2. The molecule has 3 aromatic heterocycles. The van der Waals surface area contributed by atoms with Gasteiger partial charge < -0.3 is 15.6 Å². The van der Waals surface area contributed by atoms with Crippen LogP contribution in [0.1, 0.15) is 40.4 Å². The number of rotatable bonds is 4. The van der Waals surface area contributed by atoms with Gasteiger partial charge in [-0.1, -0.05) is 12.1 Å². The molecule has 4 heterocycles. The Labute approximate surface area is 173 Å². The number of carbonyl (C=O) groups is 1. The van der Waals surface area contributed by atoms with E-state index < -0.39 is 0 Å². The van der Waals surface area contributed by atoms with E-state index in [1.54, 1.807) is 6.20 Å². The van der Waals surface area contributed by atoms with E-state index in [0.29, 0.717) is 17.9 Å². The molecule has 0 saturated heterocycles. The van der Waals surface area contributed by atoms with Crippen LogP contribution in [-0.2, 0) is 6.42 Å². The highest BCUT2D eigenvalue weighted by molar-refractivity contribution is 5.99. The van der Waals surface area contributed by atoms with E-state index in [1.165, 1.54) is 6.33 Å². The fourth-order valence-electron chi connectivity index (χ4n) is 3.79. The SMILES string of the molecule is Cc1nc2cccc(-c3cc4c([nH]3)CCNC4=O)c2nc1N[C@H](C)c1ccncn1. The molecule has 0 unspecified atom stereocenters. The summed E-state index contributed by atoms with van der Waals surface area (Å²) >= 11 is 0. The van der Waals surface area contributed by atoms with E-state index in [0.717, 1.165) is 45.8 Å². The minimum atomic E-state index is -0.0490. The van der Waals surface area contributed by atoms with Gasteiger partial charge in [-0.25, -0.2) is 19.9 Å². The number of fused-ring (bicyclic) bond motifs is 2. The fourth-order valence-corrected chi connectivity index (χ4v) is 3.79. The van der Waals surface area contributed by atoms with Crippen LogP contribution in [0.4, 0.5) is 5.82 Å². The van der Waals surface area contributed by atoms with Crippen LogP contribution in [0.5, 0.6) is 0 Å².